The molecule has 4 nitrogen and oxygen atoms in total. The minimum Gasteiger partial charge on any atom is -0.248 e. The minimum absolute atomic E-state index is 0.902. The van der Waals surface area contributed by atoms with Crippen molar-refractivity contribution in [3.05, 3.63) is 54.7 Å². The van der Waals surface area contributed by atoms with Gasteiger partial charge in [0.05, 0.1) is 11.2 Å². The smallest absolute Gasteiger partial charge is 0.138 e. The van der Waals surface area contributed by atoms with E-state index in [0.717, 1.165) is 16.6 Å². The zero-order valence-electron chi connectivity index (χ0n) is 9.06. The van der Waals surface area contributed by atoms with Crippen LogP contribution in [0.2, 0.25) is 0 Å². The molecule has 0 spiro atoms. The van der Waals surface area contributed by atoms with Gasteiger partial charge in [-0.3, -0.25) is 0 Å². The van der Waals surface area contributed by atoms with Gasteiger partial charge in [-0.2, -0.15) is 5.10 Å². The van der Waals surface area contributed by atoms with E-state index in [9.17, 15) is 0 Å². The third-order valence-electron chi connectivity index (χ3n) is 2.45. The predicted octanol–water partition coefficient (Wildman–Crippen LogP) is 2.45. The van der Waals surface area contributed by atoms with E-state index in [1.807, 2.05) is 42.6 Å². The molecule has 2 aromatic heterocycles. The number of rotatable bonds is 2. The second-order valence-corrected chi connectivity index (χ2v) is 3.62. The van der Waals surface area contributed by atoms with Gasteiger partial charge in [-0.15, -0.1) is 0 Å². The van der Waals surface area contributed by atoms with Crippen LogP contribution in [0.4, 0.5) is 0 Å². The number of nitrogens with zero attached hydrogens (tertiary/aromatic N) is 4. The molecule has 0 unspecified atom stereocenters. The molecule has 0 aliphatic heterocycles. The van der Waals surface area contributed by atoms with Gasteiger partial charge in [-0.25, -0.2) is 14.6 Å². The lowest BCUT2D eigenvalue weighted by atomic mass is 10.2. The van der Waals surface area contributed by atoms with Gasteiger partial charge in [0.2, 0.25) is 0 Å². The Kier molecular flexibility index (Phi) is 2.38. The molecular formula is C13H10N4. The van der Waals surface area contributed by atoms with Crippen molar-refractivity contribution in [1.82, 2.24) is 19.7 Å². The van der Waals surface area contributed by atoms with Crippen LogP contribution in [0.3, 0.4) is 0 Å². The van der Waals surface area contributed by atoms with E-state index >= 15 is 0 Å². The molecule has 3 rings (SSSR count). The standard InChI is InChI=1S/C13H10N4/c1-2-4-13-11(3-1)5-6-12(16-13)7-8-17-10-14-9-15-17/h1-10H/b8-7+. The van der Waals surface area contributed by atoms with Crippen molar-refractivity contribution in [2.24, 2.45) is 0 Å². The average molecular weight is 222 g/mol. The summed E-state index contributed by atoms with van der Waals surface area (Å²) in [6, 6.07) is 12.1. The molecule has 2 heterocycles. The summed E-state index contributed by atoms with van der Waals surface area (Å²) in [5.41, 5.74) is 1.90. The van der Waals surface area contributed by atoms with E-state index in [-0.39, 0.29) is 0 Å². The van der Waals surface area contributed by atoms with Crippen LogP contribution < -0.4 is 0 Å². The Morgan fingerprint density at radius 1 is 1.06 bits per heavy atom. The van der Waals surface area contributed by atoms with E-state index in [1.54, 1.807) is 11.0 Å². The summed E-state index contributed by atoms with van der Waals surface area (Å²) in [5.74, 6) is 0. The molecule has 0 amide bonds. The van der Waals surface area contributed by atoms with Gasteiger partial charge >= 0.3 is 0 Å². The molecule has 0 saturated carbocycles. The first-order valence-corrected chi connectivity index (χ1v) is 5.30. The molecule has 1 aromatic carbocycles. The lowest BCUT2D eigenvalue weighted by molar-refractivity contribution is 0.936. The molecule has 0 bridgehead atoms. The largest absolute Gasteiger partial charge is 0.248 e. The highest BCUT2D eigenvalue weighted by atomic mass is 15.3. The monoisotopic (exact) mass is 222 g/mol. The number of fused-ring (bicyclic) bond motifs is 1. The minimum atomic E-state index is 0.902. The molecule has 0 fully saturated rings. The van der Waals surface area contributed by atoms with E-state index in [2.05, 4.69) is 21.1 Å². The summed E-state index contributed by atoms with van der Waals surface area (Å²) in [6.07, 6.45) is 6.86. The predicted molar refractivity (Wildman–Crippen MR) is 67.0 cm³/mol. The third kappa shape index (κ3) is 2.06. The Bertz CT molecular complexity index is 656. The topological polar surface area (TPSA) is 43.6 Å². The van der Waals surface area contributed by atoms with E-state index in [0.29, 0.717) is 0 Å². The highest BCUT2D eigenvalue weighted by Crippen LogP contribution is 2.12. The zero-order valence-corrected chi connectivity index (χ0v) is 9.06. The average Bonchev–Trinajstić information content (AvgIpc) is 2.89. The van der Waals surface area contributed by atoms with Gasteiger partial charge in [0.25, 0.3) is 0 Å². The quantitative estimate of drug-likeness (QED) is 0.669. The molecule has 0 radical (unpaired) electrons. The number of pyridine rings is 1. The second kappa shape index (κ2) is 4.17. The van der Waals surface area contributed by atoms with Crippen LogP contribution in [0.5, 0.6) is 0 Å². The maximum atomic E-state index is 4.53. The molecule has 0 aliphatic carbocycles. The summed E-state index contributed by atoms with van der Waals surface area (Å²) in [5, 5.41) is 5.13. The molecule has 0 saturated heterocycles. The van der Waals surface area contributed by atoms with Crippen molar-refractivity contribution in [2.75, 3.05) is 0 Å². The van der Waals surface area contributed by atoms with Crippen molar-refractivity contribution in [1.29, 1.82) is 0 Å². The van der Waals surface area contributed by atoms with Crippen molar-refractivity contribution >= 4 is 23.2 Å². The van der Waals surface area contributed by atoms with Gasteiger partial charge < -0.3 is 0 Å². The lowest BCUT2D eigenvalue weighted by Gasteiger charge is -1.98. The SMILES string of the molecule is C(=C\n1cncn1)/c1ccc2ccccc2n1. The Morgan fingerprint density at radius 2 is 2.00 bits per heavy atom. The van der Waals surface area contributed by atoms with E-state index in [4.69, 9.17) is 0 Å². The number of hydrogen-bond donors (Lipinski definition) is 0. The molecule has 17 heavy (non-hydrogen) atoms. The molecule has 0 N–H and O–H groups in total. The van der Waals surface area contributed by atoms with Gasteiger partial charge in [-0.05, 0) is 18.2 Å². The highest BCUT2D eigenvalue weighted by Gasteiger charge is 1.94. The first kappa shape index (κ1) is 9.72. The van der Waals surface area contributed by atoms with Crippen molar-refractivity contribution in [3.8, 4) is 0 Å². The fourth-order valence-electron chi connectivity index (χ4n) is 1.62. The van der Waals surface area contributed by atoms with Gasteiger partial charge in [0, 0.05) is 11.6 Å². The Morgan fingerprint density at radius 3 is 2.88 bits per heavy atom. The van der Waals surface area contributed by atoms with Crippen LogP contribution in [0.1, 0.15) is 5.69 Å². The van der Waals surface area contributed by atoms with Crippen LogP contribution in [-0.2, 0) is 0 Å². The number of benzene rings is 1. The van der Waals surface area contributed by atoms with Gasteiger partial charge in [0.1, 0.15) is 12.7 Å². The van der Waals surface area contributed by atoms with Crippen LogP contribution in [-0.4, -0.2) is 19.7 Å². The van der Waals surface area contributed by atoms with E-state index < -0.39 is 0 Å². The Labute approximate surface area is 98.3 Å². The van der Waals surface area contributed by atoms with E-state index in [1.165, 1.54) is 6.33 Å². The number of hydrogen-bond acceptors (Lipinski definition) is 3. The second-order valence-electron chi connectivity index (χ2n) is 3.62. The fraction of sp³-hybridized carbons (Fsp3) is 0. The Balaban J connectivity index is 1.96. The van der Waals surface area contributed by atoms with Crippen LogP contribution >= 0.6 is 0 Å². The third-order valence-corrected chi connectivity index (χ3v) is 2.45. The maximum Gasteiger partial charge on any atom is 0.138 e. The first-order valence-electron chi connectivity index (χ1n) is 5.30. The summed E-state index contributed by atoms with van der Waals surface area (Å²) in [7, 11) is 0. The molecular weight excluding hydrogens is 212 g/mol. The zero-order chi connectivity index (χ0) is 11.5. The maximum absolute atomic E-state index is 4.53. The molecule has 82 valence electrons. The van der Waals surface area contributed by atoms with Crippen molar-refractivity contribution in [2.45, 2.75) is 0 Å². The molecule has 4 heteroatoms. The molecule has 0 atom stereocenters. The first-order chi connectivity index (χ1) is 8.42. The highest BCUT2D eigenvalue weighted by molar-refractivity contribution is 5.80. The number of para-hydroxylation sites is 1. The normalized spacial score (nSPS) is 11.3. The molecule has 0 aliphatic rings. The van der Waals surface area contributed by atoms with Gasteiger partial charge in [0.15, 0.2) is 0 Å². The van der Waals surface area contributed by atoms with Crippen molar-refractivity contribution in [3.63, 3.8) is 0 Å². The van der Waals surface area contributed by atoms with Crippen LogP contribution in [0.15, 0.2) is 49.1 Å². The van der Waals surface area contributed by atoms with Crippen molar-refractivity contribution < 1.29 is 0 Å². The van der Waals surface area contributed by atoms with Crippen LogP contribution in [0, 0.1) is 0 Å². The lowest BCUT2D eigenvalue weighted by Crippen LogP contribution is -1.86. The summed E-state index contributed by atoms with van der Waals surface area (Å²) in [6.45, 7) is 0. The van der Waals surface area contributed by atoms with Crippen LogP contribution in [0.25, 0.3) is 23.2 Å². The summed E-state index contributed by atoms with van der Waals surface area (Å²) >= 11 is 0. The summed E-state index contributed by atoms with van der Waals surface area (Å²) < 4.78 is 1.64. The van der Waals surface area contributed by atoms with Gasteiger partial charge in [-0.1, -0.05) is 24.3 Å². The number of aromatic nitrogens is 4. The Hall–Kier alpha value is -2.49. The molecule has 3 aromatic rings. The summed E-state index contributed by atoms with van der Waals surface area (Å²) in [4.78, 5) is 8.39. The fourth-order valence-corrected chi connectivity index (χ4v) is 1.62.